The monoisotopic (exact) mass is 444 g/mol. The molecule has 0 aliphatic rings. The van der Waals surface area contributed by atoms with E-state index in [9.17, 15) is 4.79 Å². The average Bonchev–Trinajstić information content (AvgIpc) is 2.55. The van der Waals surface area contributed by atoms with Gasteiger partial charge in [-0.15, -0.1) is 0 Å². The van der Waals surface area contributed by atoms with Crippen LogP contribution in [-0.2, 0) is 0 Å². The molecule has 0 spiro atoms. The maximum Gasteiger partial charge on any atom is 0.255 e. The van der Waals surface area contributed by atoms with Crippen molar-refractivity contribution in [2.75, 3.05) is 19.7 Å². The Morgan fingerprint density at radius 3 is 2.64 bits per heavy atom. The van der Waals surface area contributed by atoms with Crippen LogP contribution in [0.2, 0.25) is 10.0 Å². The van der Waals surface area contributed by atoms with Crippen molar-refractivity contribution >= 4 is 45.0 Å². The molecule has 4 nitrogen and oxygen atoms in total. The van der Waals surface area contributed by atoms with Gasteiger partial charge in [0.1, 0.15) is 12.4 Å². The summed E-state index contributed by atoms with van der Waals surface area (Å²) in [5.74, 6) is 0.525. The minimum Gasteiger partial charge on any atom is -0.490 e. The first kappa shape index (κ1) is 20.0. The van der Waals surface area contributed by atoms with Crippen LogP contribution in [0.1, 0.15) is 29.3 Å². The second-order valence-corrected chi connectivity index (χ2v) is 7.33. The Hall–Kier alpha value is -1.30. The summed E-state index contributed by atoms with van der Waals surface area (Å²) in [6.45, 7) is 5.35. The number of amides is 1. The van der Waals surface area contributed by atoms with Gasteiger partial charge in [-0.1, -0.05) is 30.1 Å². The van der Waals surface area contributed by atoms with Crippen molar-refractivity contribution in [2.45, 2.75) is 20.3 Å². The number of nitrogens with zero attached hydrogens (tertiary/aromatic N) is 2. The van der Waals surface area contributed by atoms with E-state index in [0.717, 1.165) is 16.5 Å². The van der Waals surface area contributed by atoms with Crippen LogP contribution >= 0.6 is 39.1 Å². The third-order valence-corrected chi connectivity index (χ3v) is 4.47. The van der Waals surface area contributed by atoms with Crippen molar-refractivity contribution in [3.8, 4) is 5.75 Å². The molecule has 1 aromatic heterocycles. The first-order chi connectivity index (χ1) is 11.9. The van der Waals surface area contributed by atoms with Crippen molar-refractivity contribution in [3.05, 3.63) is 56.2 Å². The Bertz CT molecular complexity index is 733. The van der Waals surface area contributed by atoms with Crippen LogP contribution in [0, 0.1) is 6.92 Å². The highest BCUT2D eigenvalue weighted by Crippen LogP contribution is 2.31. The van der Waals surface area contributed by atoms with Crippen molar-refractivity contribution in [3.63, 3.8) is 0 Å². The quantitative estimate of drug-likeness (QED) is 0.573. The number of rotatable bonds is 7. The summed E-state index contributed by atoms with van der Waals surface area (Å²) in [6.07, 6.45) is 4.07. The summed E-state index contributed by atoms with van der Waals surface area (Å²) in [6, 6.07) is 5.21. The lowest BCUT2D eigenvalue weighted by Gasteiger charge is -2.23. The minimum atomic E-state index is -0.0711. The number of carbonyl (C=O) groups is 1. The Morgan fingerprint density at radius 1 is 1.24 bits per heavy atom. The molecule has 0 fully saturated rings. The molecule has 0 aliphatic heterocycles. The van der Waals surface area contributed by atoms with Gasteiger partial charge >= 0.3 is 0 Å². The fourth-order valence-electron chi connectivity index (χ4n) is 2.43. The Balaban J connectivity index is 2.04. The summed E-state index contributed by atoms with van der Waals surface area (Å²) in [4.78, 5) is 18.5. The number of hydrogen-bond donors (Lipinski definition) is 0. The molecule has 0 saturated heterocycles. The fourth-order valence-corrected chi connectivity index (χ4v) is 3.44. The summed E-state index contributed by atoms with van der Waals surface area (Å²) in [7, 11) is 0. The van der Waals surface area contributed by atoms with Crippen LogP contribution in [0.15, 0.2) is 35.1 Å². The molecule has 0 unspecified atom stereocenters. The molecule has 2 aromatic rings. The third-order valence-electron chi connectivity index (χ3n) is 3.53. The summed E-state index contributed by atoms with van der Waals surface area (Å²) in [5, 5.41) is 1.04. The van der Waals surface area contributed by atoms with E-state index in [1.165, 1.54) is 0 Å². The van der Waals surface area contributed by atoms with Gasteiger partial charge in [0, 0.05) is 28.4 Å². The highest BCUT2D eigenvalue weighted by Gasteiger charge is 2.16. The molecule has 25 heavy (non-hydrogen) atoms. The zero-order valence-corrected chi connectivity index (χ0v) is 17.2. The summed E-state index contributed by atoms with van der Waals surface area (Å²) < 4.78 is 6.57. The number of ether oxygens (including phenoxy) is 1. The highest BCUT2D eigenvalue weighted by molar-refractivity contribution is 9.10. The predicted molar refractivity (Wildman–Crippen MR) is 105 cm³/mol. The van der Waals surface area contributed by atoms with E-state index in [1.807, 2.05) is 13.8 Å². The molecule has 1 amide bonds. The van der Waals surface area contributed by atoms with Crippen molar-refractivity contribution in [2.24, 2.45) is 0 Å². The molecule has 0 saturated carbocycles. The lowest BCUT2D eigenvalue weighted by Crippen LogP contribution is -2.35. The zero-order chi connectivity index (χ0) is 18.4. The second kappa shape index (κ2) is 9.41. The van der Waals surface area contributed by atoms with Crippen LogP contribution in [0.3, 0.4) is 0 Å². The van der Waals surface area contributed by atoms with Crippen LogP contribution in [0.4, 0.5) is 0 Å². The molecule has 7 heteroatoms. The van der Waals surface area contributed by atoms with E-state index in [1.54, 1.807) is 35.5 Å². The molecule has 2 rings (SSSR count). The largest absolute Gasteiger partial charge is 0.490 e. The molecule has 1 heterocycles. The number of pyridine rings is 1. The third kappa shape index (κ3) is 5.59. The fraction of sp³-hybridized carbons (Fsp3) is 0.333. The van der Waals surface area contributed by atoms with Gasteiger partial charge in [0.25, 0.3) is 5.91 Å². The molecule has 1 aromatic carbocycles. The van der Waals surface area contributed by atoms with Crippen LogP contribution < -0.4 is 4.74 Å². The average molecular weight is 446 g/mol. The van der Waals surface area contributed by atoms with Crippen molar-refractivity contribution in [1.82, 2.24) is 9.88 Å². The molecular formula is C18H19BrCl2N2O2. The van der Waals surface area contributed by atoms with Gasteiger partial charge in [0.05, 0.1) is 17.1 Å². The normalized spacial score (nSPS) is 10.6. The Morgan fingerprint density at radius 2 is 2.00 bits per heavy atom. The van der Waals surface area contributed by atoms with Crippen LogP contribution in [0.5, 0.6) is 5.75 Å². The Labute approximate surface area is 166 Å². The van der Waals surface area contributed by atoms with Crippen LogP contribution in [-0.4, -0.2) is 35.5 Å². The maximum absolute atomic E-state index is 12.7. The van der Waals surface area contributed by atoms with E-state index in [2.05, 4.69) is 20.9 Å². The highest BCUT2D eigenvalue weighted by atomic mass is 79.9. The summed E-state index contributed by atoms with van der Waals surface area (Å²) >= 11 is 15.5. The first-order valence-corrected chi connectivity index (χ1v) is 9.45. The zero-order valence-electron chi connectivity index (χ0n) is 14.1. The molecule has 0 bridgehead atoms. The lowest BCUT2D eigenvalue weighted by atomic mass is 10.2. The van der Waals surface area contributed by atoms with E-state index in [0.29, 0.717) is 41.1 Å². The van der Waals surface area contributed by atoms with E-state index in [4.69, 9.17) is 27.9 Å². The first-order valence-electron chi connectivity index (χ1n) is 7.90. The number of aryl methyl sites for hydroxylation is 1. The molecular weight excluding hydrogens is 427 g/mol. The van der Waals surface area contributed by atoms with Gasteiger partial charge in [-0.2, -0.15) is 0 Å². The number of halogens is 3. The maximum atomic E-state index is 12.7. The molecule has 0 radical (unpaired) electrons. The Kier molecular flexibility index (Phi) is 7.54. The van der Waals surface area contributed by atoms with Crippen LogP contribution in [0.25, 0.3) is 0 Å². The molecule has 0 aliphatic carbocycles. The number of hydrogen-bond acceptors (Lipinski definition) is 3. The number of aromatic nitrogens is 1. The van der Waals surface area contributed by atoms with Gasteiger partial charge in [-0.3, -0.25) is 9.78 Å². The van der Waals surface area contributed by atoms with Gasteiger partial charge < -0.3 is 9.64 Å². The number of carbonyl (C=O) groups excluding carboxylic acids is 1. The van der Waals surface area contributed by atoms with Gasteiger partial charge in [0.15, 0.2) is 0 Å². The van der Waals surface area contributed by atoms with E-state index in [-0.39, 0.29) is 5.91 Å². The second-order valence-electron chi connectivity index (χ2n) is 5.57. The van der Waals surface area contributed by atoms with Gasteiger partial charge in [-0.05, 0) is 53.0 Å². The lowest BCUT2D eigenvalue weighted by molar-refractivity contribution is 0.0729. The van der Waals surface area contributed by atoms with Gasteiger partial charge in [0.2, 0.25) is 0 Å². The van der Waals surface area contributed by atoms with Crippen molar-refractivity contribution in [1.29, 1.82) is 0 Å². The van der Waals surface area contributed by atoms with E-state index < -0.39 is 0 Å². The van der Waals surface area contributed by atoms with E-state index >= 15 is 0 Å². The smallest absolute Gasteiger partial charge is 0.255 e. The van der Waals surface area contributed by atoms with Crippen molar-refractivity contribution < 1.29 is 9.53 Å². The SMILES string of the molecule is CCCN(CCOc1c(C)cc(Cl)cc1Cl)C(=O)c1cncc(Br)c1. The topological polar surface area (TPSA) is 42.4 Å². The number of benzene rings is 1. The minimum absolute atomic E-state index is 0.0711. The summed E-state index contributed by atoms with van der Waals surface area (Å²) in [5.41, 5.74) is 1.41. The molecule has 134 valence electrons. The molecule has 0 atom stereocenters. The molecule has 0 N–H and O–H groups in total. The predicted octanol–water partition coefficient (Wildman–Crippen LogP) is 5.39. The standard InChI is InChI=1S/C18H19BrCl2N2O2/c1-3-4-23(18(24)13-8-14(19)11-22-10-13)5-6-25-17-12(2)7-15(20)9-16(17)21/h7-11H,3-6H2,1-2H3. The van der Waals surface area contributed by atoms with Gasteiger partial charge in [-0.25, -0.2) is 0 Å².